The number of primary amides is 1. The van der Waals surface area contributed by atoms with Crippen LogP contribution in [-0.2, 0) is 9.59 Å². The second-order valence-electron chi connectivity index (χ2n) is 4.38. The molecule has 0 bridgehead atoms. The van der Waals surface area contributed by atoms with E-state index >= 15 is 0 Å². The summed E-state index contributed by atoms with van der Waals surface area (Å²) < 4.78 is 0. The summed E-state index contributed by atoms with van der Waals surface area (Å²) in [6.07, 6.45) is 3.36. The quantitative estimate of drug-likeness (QED) is 0.694. The number of carbonyl (C=O) groups is 2. The second-order valence-corrected chi connectivity index (χ2v) is 4.38. The highest BCUT2D eigenvalue weighted by molar-refractivity contribution is 5.87. The van der Waals surface area contributed by atoms with E-state index < -0.39 is 0 Å². The van der Waals surface area contributed by atoms with Gasteiger partial charge in [-0.2, -0.15) is 0 Å². The molecule has 0 heterocycles. The number of hydrogen-bond acceptors (Lipinski definition) is 3. The van der Waals surface area contributed by atoms with Crippen molar-refractivity contribution in [1.82, 2.24) is 4.90 Å². The lowest BCUT2D eigenvalue weighted by Crippen LogP contribution is -2.43. The highest BCUT2D eigenvalue weighted by atomic mass is 16.3. The van der Waals surface area contributed by atoms with Crippen molar-refractivity contribution in [3.05, 3.63) is 0 Å². The minimum atomic E-state index is -0.379. The van der Waals surface area contributed by atoms with Crippen LogP contribution in [0.5, 0.6) is 0 Å². The van der Waals surface area contributed by atoms with Gasteiger partial charge in [0.05, 0.1) is 6.61 Å². The van der Waals surface area contributed by atoms with E-state index in [2.05, 4.69) is 0 Å². The first-order chi connectivity index (χ1) is 7.57. The number of amides is 2. The summed E-state index contributed by atoms with van der Waals surface area (Å²) in [6, 6.07) is 0. The molecule has 92 valence electrons. The molecule has 1 rings (SSSR count). The van der Waals surface area contributed by atoms with Crippen LogP contribution in [0.4, 0.5) is 0 Å². The Kier molecular flexibility index (Phi) is 4.73. The van der Waals surface area contributed by atoms with Crippen LogP contribution in [0.2, 0.25) is 0 Å². The van der Waals surface area contributed by atoms with Crippen LogP contribution in [0.15, 0.2) is 0 Å². The number of likely N-dealkylation sites (N-methyl/N-ethyl adjacent to an activating group) is 1. The lowest BCUT2D eigenvalue weighted by Gasteiger charge is -2.31. The Bertz CT molecular complexity index is 268. The fourth-order valence-electron chi connectivity index (χ4n) is 2.31. The molecule has 0 aromatic rings. The minimum absolute atomic E-state index is 0.0593. The van der Waals surface area contributed by atoms with Crippen molar-refractivity contribution in [1.29, 1.82) is 0 Å². The third-order valence-corrected chi connectivity index (χ3v) is 3.26. The van der Waals surface area contributed by atoms with Gasteiger partial charge in [0.1, 0.15) is 0 Å². The van der Waals surface area contributed by atoms with E-state index in [0.717, 1.165) is 19.3 Å². The van der Waals surface area contributed by atoms with Gasteiger partial charge in [0, 0.05) is 25.4 Å². The highest BCUT2D eigenvalue weighted by Crippen LogP contribution is 2.31. The van der Waals surface area contributed by atoms with Crippen LogP contribution in [0.25, 0.3) is 0 Å². The van der Waals surface area contributed by atoms with Gasteiger partial charge in [0.15, 0.2) is 0 Å². The Morgan fingerprint density at radius 3 is 2.38 bits per heavy atom. The molecule has 16 heavy (non-hydrogen) atoms. The van der Waals surface area contributed by atoms with Gasteiger partial charge in [0.2, 0.25) is 11.8 Å². The number of carbonyl (C=O) groups excluding carboxylic acids is 2. The molecular formula is C11H20N2O3. The van der Waals surface area contributed by atoms with Gasteiger partial charge in [-0.1, -0.05) is 12.8 Å². The molecule has 0 aromatic heterocycles. The van der Waals surface area contributed by atoms with Crippen LogP contribution in [-0.4, -0.2) is 42.0 Å². The van der Waals surface area contributed by atoms with Crippen LogP contribution in [0.1, 0.15) is 25.7 Å². The smallest absolute Gasteiger partial charge is 0.226 e. The summed E-state index contributed by atoms with van der Waals surface area (Å²) in [5.74, 6) is -1.07. The predicted molar refractivity (Wildman–Crippen MR) is 59.4 cm³/mol. The van der Waals surface area contributed by atoms with E-state index in [1.807, 2.05) is 0 Å². The zero-order valence-electron chi connectivity index (χ0n) is 9.69. The first-order valence-electron chi connectivity index (χ1n) is 5.73. The van der Waals surface area contributed by atoms with E-state index in [9.17, 15) is 9.59 Å². The SMILES string of the molecule is CN(CCO)C(=O)C1CCCCC1C(N)=O. The van der Waals surface area contributed by atoms with Crippen molar-refractivity contribution in [2.45, 2.75) is 25.7 Å². The third kappa shape index (κ3) is 2.95. The number of rotatable bonds is 4. The van der Waals surface area contributed by atoms with Crippen molar-refractivity contribution in [2.75, 3.05) is 20.2 Å². The molecule has 1 fully saturated rings. The first-order valence-corrected chi connectivity index (χ1v) is 5.73. The largest absolute Gasteiger partial charge is 0.395 e. The Balaban J connectivity index is 2.67. The normalized spacial score (nSPS) is 25.1. The fourth-order valence-corrected chi connectivity index (χ4v) is 2.31. The van der Waals surface area contributed by atoms with Crippen molar-refractivity contribution in [3.8, 4) is 0 Å². The Morgan fingerprint density at radius 1 is 1.31 bits per heavy atom. The number of nitrogens with two attached hydrogens (primary N) is 1. The van der Waals surface area contributed by atoms with Gasteiger partial charge in [-0.3, -0.25) is 9.59 Å². The number of hydrogen-bond donors (Lipinski definition) is 2. The van der Waals surface area contributed by atoms with Gasteiger partial charge < -0.3 is 15.7 Å². The summed E-state index contributed by atoms with van der Waals surface area (Å²) >= 11 is 0. The molecular weight excluding hydrogens is 208 g/mol. The van der Waals surface area contributed by atoms with E-state index in [4.69, 9.17) is 10.8 Å². The molecule has 5 heteroatoms. The zero-order valence-corrected chi connectivity index (χ0v) is 9.69. The number of aliphatic hydroxyl groups is 1. The van der Waals surface area contributed by atoms with Gasteiger partial charge >= 0.3 is 0 Å². The second kappa shape index (κ2) is 5.84. The average molecular weight is 228 g/mol. The lowest BCUT2D eigenvalue weighted by atomic mass is 9.78. The monoisotopic (exact) mass is 228 g/mol. The van der Waals surface area contributed by atoms with Gasteiger partial charge in [-0.15, -0.1) is 0 Å². The maximum atomic E-state index is 12.0. The van der Waals surface area contributed by atoms with Crippen LogP contribution < -0.4 is 5.73 Å². The van der Waals surface area contributed by atoms with Crippen LogP contribution in [0, 0.1) is 11.8 Å². The Morgan fingerprint density at radius 2 is 1.88 bits per heavy atom. The topological polar surface area (TPSA) is 83.6 Å². The maximum Gasteiger partial charge on any atom is 0.226 e. The molecule has 0 spiro atoms. The Hall–Kier alpha value is -1.10. The first kappa shape index (κ1) is 13.0. The van der Waals surface area contributed by atoms with Crippen molar-refractivity contribution >= 4 is 11.8 Å². The third-order valence-electron chi connectivity index (χ3n) is 3.26. The maximum absolute atomic E-state index is 12.0. The average Bonchev–Trinajstić information content (AvgIpc) is 2.28. The predicted octanol–water partition coefficient (Wildman–Crippen LogP) is -0.271. The molecule has 0 radical (unpaired) electrons. The van der Waals surface area contributed by atoms with Crippen molar-refractivity contribution < 1.29 is 14.7 Å². The van der Waals surface area contributed by atoms with Gasteiger partial charge in [0.25, 0.3) is 0 Å². The van der Waals surface area contributed by atoms with Crippen LogP contribution >= 0.6 is 0 Å². The molecule has 1 saturated carbocycles. The standard InChI is InChI=1S/C11H20N2O3/c1-13(6-7-14)11(16)9-5-3-2-4-8(9)10(12)15/h8-9,14H,2-7H2,1H3,(H2,12,15). The molecule has 2 amide bonds. The molecule has 5 nitrogen and oxygen atoms in total. The van der Waals surface area contributed by atoms with E-state index in [1.54, 1.807) is 7.05 Å². The lowest BCUT2D eigenvalue weighted by molar-refractivity contribution is -0.142. The van der Waals surface area contributed by atoms with Gasteiger partial charge in [-0.25, -0.2) is 0 Å². The fraction of sp³-hybridized carbons (Fsp3) is 0.818. The van der Waals surface area contributed by atoms with Crippen LogP contribution in [0.3, 0.4) is 0 Å². The summed E-state index contributed by atoms with van der Waals surface area (Å²) in [7, 11) is 1.64. The molecule has 2 unspecified atom stereocenters. The van der Waals surface area contributed by atoms with E-state index in [1.165, 1.54) is 4.90 Å². The molecule has 3 N–H and O–H groups in total. The molecule has 0 aromatic carbocycles. The summed E-state index contributed by atoms with van der Waals surface area (Å²) in [4.78, 5) is 24.7. The highest BCUT2D eigenvalue weighted by Gasteiger charge is 2.35. The molecule has 1 aliphatic rings. The van der Waals surface area contributed by atoms with E-state index in [0.29, 0.717) is 13.0 Å². The van der Waals surface area contributed by atoms with Gasteiger partial charge in [-0.05, 0) is 12.8 Å². The summed E-state index contributed by atoms with van der Waals surface area (Å²) in [5.41, 5.74) is 5.31. The number of nitrogens with zero attached hydrogens (tertiary/aromatic N) is 1. The van der Waals surface area contributed by atoms with E-state index in [-0.39, 0.29) is 30.3 Å². The summed E-state index contributed by atoms with van der Waals surface area (Å²) in [6.45, 7) is 0.247. The van der Waals surface area contributed by atoms with Crippen molar-refractivity contribution in [2.24, 2.45) is 17.6 Å². The minimum Gasteiger partial charge on any atom is -0.395 e. The Labute approximate surface area is 95.6 Å². The molecule has 0 saturated heterocycles. The zero-order chi connectivity index (χ0) is 12.1. The number of aliphatic hydroxyl groups excluding tert-OH is 1. The molecule has 2 atom stereocenters. The summed E-state index contributed by atoms with van der Waals surface area (Å²) in [5, 5.41) is 8.77. The van der Waals surface area contributed by atoms with Crippen molar-refractivity contribution in [3.63, 3.8) is 0 Å². The molecule has 0 aliphatic heterocycles. The molecule has 1 aliphatic carbocycles.